The molecule has 4 heteroatoms. The molecule has 0 aliphatic carbocycles. The molecule has 2 rings (SSSR count). The lowest BCUT2D eigenvalue weighted by atomic mass is 10.2. The number of anilines is 2. The van der Waals surface area contributed by atoms with Gasteiger partial charge in [0.05, 0.1) is 5.69 Å². The van der Waals surface area contributed by atoms with Gasteiger partial charge in [0.15, 0.2) is 0 Å². The number of nitrogens with zero attached hydrogens (tertiary/aromatic N) is 2. The smallest absolute Gasteiger partial charge is 0.276 e. The number of nitrogens with two attached hydrogens (primary N) is 1. The van der Waals surface area contributed by atoms with Crippen molar-refractivity contribution < 1.29 is 0 Å². The maximum Gasteiger partial charge on any atom is 0.276 e. The van der Waals surface area contributed by atoms with Crippen molar-refractivity contribution in [3.8, 4) is 0 Å². The number of hydrogen-bond acceptors (Lipinski definition) is 3. The van der Waals surface area contributed by atoms with Gasteiger partial charge in [0, 0.05) is 25.3 Å². The fourth-order valence-corrected chi connectivity index (χ4v) is 2.38. The van der Waals surface area contributed by atoms with E-state index in [1.54, 1.807) is 4.57 Å². The van der Waals surface area contributed by atoms with Crippen molar-refractivity contribution in [3.63, 3.8) is 0 Å². The van der Waals surface area contributed by atoms with E-state index in [9.17, 15) is 4.79 Å². The average Bonchev–Trinajstić information content (AvgIpc) is 2.77. The van der Waals surface area contributed by atoms with E-state index in [0.717, 1.165) is 24.5 Å². The molecule has 0 saturated carbocycles. The first-order valence-corrected chi connectivity index (χ1v) is 5.90. The van der Waals surface area contributed by atoms with Crippen molar-refractivity contribution in [2.45, 2.75) is 33.2 Å². The Morgan fingerprint density at radius 3 is 2.56 bits per heavy atom. The highest BCUT2D eigenvalue weighted by Gasteiger charge is 2.18. The van der Waals surface area contributed by atoms with E-state index in [1.165, 1.54) is 12.8 Å². The molecule has 2 N–H and O–H groups in total. The molecule has 0 bridgehead atoms. The van der Waals surface area contributed by atoms with Gasteiger partial charge in [0.25, 0.3) is 5.56 Å². The van der Waals surface area contributed by atoms with Crippen molar-refractivity contribution in [1.29, 1.82) is 0 Å². The van der Waals surface area contributed by atoms with Crippen LogP contribution in [0.4, 0.5) is 11.4 Å². The summed E-state index contributed by atoms with van der Waals surface area (Å²) in [6.07, 6.45) is 2.38. The molecule has 0 aromatic carbocycles. The molecule has 1 aromatic heterocycles. The topological polar surface area (TPSA) is 51.3 Å². The van der Waals surface area contributed by atoms with Gasteiger partial charge in [-0.2, -0.15) is 0 Å². The SMILES string of the molecule is CCn1c(C)cc(N2CCCC2)c(N)c1=O. The van der Waals surface area contributed by atoms with Gasteiger partial charge < -0.3 is 15.2 Å². The highest BCUT2D eigenvalue weighted by Crippen LogP contribution is 2.25. The van der Waals surface area contributed by atoms with Crippen molar-refractivity contribution >= 4 is 11.4 Å². The summed E-state index contributed by atoms with van der Waals surface area (Å²) in [6.45, 7) is 6.63. The molecule has 1 aromatic rings. The molecule has 4 nitrogen and oxygen atoms in total. The van der Waals surface area contributed by atoms with Crippen LogP contribution in [-0.2, 0) is 6.54 Å². The van der Waals surface area contributed by atoms with Crippen molar-refractivity contribution in [2.75, 3.05) is 23.7 Å². The van der Waals surface area contributed by atoms with E-state index >= 15 is 0 Å². The molecule has 0 radical (unpaired) electrons. The monoisotopic (exact) mass is 221 g/mol. The van der Waals surface area contributed by atoms with E-state index < -0.39 is 0 Å². The number of aromatic nitrogens is 1. The molecule has 0 unspecified atom stereocenters. The lowest BCUT2D eigenvalue weighted by molar-refractivity contribution is 0.701. The quantitative estimate of drug-likeness (QED) is 0.820. The van der Waals surface area contributed by atoms with Gasteiger partial charge in [-0.1, -0.05) is 0 Å². The van der Waals surface area contributed by atoms with Crippen LogP contribution >= 0.6 is 0 Å². The maximum absolute atomic E-state index is 12.0. The van der Waals surface area contributed by atoms with Crippen LogP contribution in [0.2, 0.25) is 0 Å². The number of nitrogen functional groups attached to an aromatic ring is 1. The lowest BCUT2D eigenvalue weighted by Gasteiger charge is -2.21. The molecular weight excluding hydrogens is 202 g/mol. The second-order valence-corrected chi connectivity index (χ2v) is 4.33. The second kappa shape index (κ2) is 4.20. The Kier molecular flexibility index (Phi) is 2.90. The van der Waals surface area contributed by atoms with Gasteiger partial charge >= 0.3 is 0 Å². The van der Waals surface area contributed by atoms with Crippen molar-refractivity contribution in [2.24, 2.45) is 0 Å². The largest absolute Gasteiger partial charge is 0.393 e. The molecule has 1 aliphatic rings. The van der Waals surface area contributed by atoms with Gasteiger partial charge in [-0.25, -0.2) is 0 Å². The lowest BCUT2D eigenvalue weighted by Crippen LogP contribution is -2.29. The normalized spacial score (nSPS) is 15.8. The Labute approximate surface area is 95.7 Å². The van der Waals surface area contributed by atoms with Crippen LogP contribution in [0.5, 0.6) is 0 Å². The van der Waals surface area contributed by atoms with E-state index in [1.807, 2.05) is 19.9 Å². The van der Waals surface area contributed by atoms with Gasteiger partial charge in [-0.05, 0) is 32.8 Å². The first-order chi connectivity index (χ1) is 7.65. The van der Waals surface area contributed by atoms with Crippen LogP contribution in [0.3, 0.4) is 0 Å². The predicted octanol–water partition coefficient (Wildman–Crippen LogP) is 1.36. The second-order valence-electron chi connectivity index (χ2n) is 4.33. The summed E-state index contributed by atoms with van der Waals surface area (Å²) in [4.78, 5) is 14.2. The van der Waals surface area contributed by atoms with Crippen molar-refractivity contribution in [1.82, 2.24) is 4.57 Å². The summed E-state index contributed by atoms with van der Waals surface area (Å²) in [5.41, 5.74) is 8.19. The molecule has 88 valence electrons. The molecule has 1 aliphatic heterocycles. The van der Waals surface area contributed by atoms with Crippen LogP contribution in [-0.4, -0.2) is 17.7 Å². The summed E-state index contributed by atoms with van der Waals surface area (Å²) in [5, 5.41) is 0. The standard InChI is InChI=1S/C12H19N3O/c1-3-15-9(2)8-10(11(13)12(15)16)14-6-4-5-7-14/h8H,3-7,13H2,1-2H3. The first-order valence-electron chi connectivity index (χ1n) is 5.90. The Hall–Kier alpha value is -1.45. The van der Waals surface area contributed by atoms with Gasteiger partial charge in [-0.3, -0.25) is 4.79 Å². The number of aryl methyl sites for hydroxylation is 1. The van der Waals surface area contributed by atoms with Gasteiger partial charge in [-0.15, -0.1) is 0 Å². The van der Waals surface area contributed by atoms with Crippen LogP contribution in [0.15, 0.2) is 10.9 Å². The minimum atomic E-state index is -0.0515. The van der Waals surface area contributed by atoms with Crippen molar-refractivity contribution in [3.05, 3.63) is 22.1 Å². The number of pyridine rings is 1. The summed E-state index contributed by atoms with van der Waals surface area (Å²) in [6, 6.07) is 2.03. The van der Waals surface area contributed by atoms with Gasteiger partial charge in [0.2, 0.25) is 0 Å². The van der Waals surface area contributed by atoms with Crippen LogP contribution in [0, 0.1) is 6.92 Å². The summed E-state index contributed by atoms with van der Waals surface area (Å²) >= 11 is 0. The van der Waals surface area contributed by atoms with Gasteiger partial charge in [0.1, 0.15) is 5.69 Å². The van der Waals surface area contributed by atoms with Crippen LogP contribution < -0.4 is 16.2 Å². The van der Waals surface area contributed by atoms with Crippen LogP contribution in [0.25, 0.3) is 0 Å². The van der Waals surface area contributed by atoms with Crippen LogP contribution in [0.1, 0.15) is 25.5 Å². The molecule has 1 fully saturated rings. The predicted molar refractivity (Wildman–Crippen MR) is 67.0 cm³/mol. The summed E-state index contributed by atoms with van der Waals surface area (Å²) in [7, 11) is 0. The highest BCUT2D eigenvalue weighted by atomic mass is 16.1. The Morgan fingerprint density at radius 2 is 2.00 bits per heavy atom. The third-order valence-electron chi connectivity index (χ3n) is 3.29. The number of hydrogen-bond donors (Lipinski definition) is 1. The zero-order valence-electron chi connectivity index (χ0n) is 9.99. The molecule has 1 saturated heterocycles. The Balaban J connectivity index is 2.51. The van der Waals surface area contributed by atoms with E-state index in [4.69, 9.17) is 5.73 Å². The molecule has 0 spiro atoms. The minimum absolute atomic E-state index is 0.0515. The molecule has 2 heterocycles. The summed E-state index contributed by atoms with van der Waals surface area (Å²) in [5.74, 6) is 0. The number of rotatable bonds is 2. The molecule has 16 heavy (non-hydrogen) atoms. The van der Waals surface area contributed by atoms with E-state index in [0.29, 0.717) is 12.2 Å². The first kappa shape index (κ1) is 11.0. The Morgan fingerprint density at radius 1 is 1.38 bits per heavy atom. The summed E-state index contributed by atoms with van der Waals surface area (Å²) < 4.78 is 1.72. The fraction of sp³-hybridized carbons (Fsp3) is 0.583. The third-order valence-corrected chi connectivity index (χ3v) is 3.29. The molecule has 0 atom stereocenters. The fourth-order valence-electron chi connectivity index (χ4n) is 2.38. The third kappa shape index (κ3) is 1.68. The zero-order chi connectivity index (χ0) is 11.7. The molecule has 0 amide bonds. The average molecular weight is 221 g/mol. The maximum atomic E-state index is 12.0. The van der Waals surface area contributed by atoms with E-state index in [-0.39, 0.29) is 5.56 Å². The molecular formula is C12H19N3O. The zero-order valence-corrected chi connectivity index (χ0v) is 9.99. The highest BCUT2D eigenvalue weighted by molar-refractivity contribution is 5.67. The van der Waals surface area contributed by atoms with E-state index in [2.05, 4.69) is 4.90 Å². The Bertz CT molecular complexity index is 444. The minimum Gasteiger partial charge on any atom is -0.393 e.